The van der Waals surface area contributed by atoms with Crippen LogP contribution < -0.4 is 4.90 Å². The molecule has 5 rings (SSSR count). The van der Waals surface area contributed by atoms with Crippen LogP contribution in [0.25, 0.3) is 27.8 Å². The van der Waals surface area contributed by atoms with Crippen molar-refractivity contribution < 1.29 is 4.39 Å². The van der Waals surface area contributed by atoms with E-state index < -0.39 is 0 Å². The first-order valence-electron chi connectivity index (χ1n) is 10.1. The standard InChI is InChI=1S/C22H24FN7/c1-13-7-19(27-30-11-14(2)24-22(13)30)15-8-18(23)17-10-21(26-25-20(17)9-15)29-6-5-16(12-29)28(3)4/h7-11,16H,5-6,12H2,1-4H3/t16-/m0/s1. The summed E-state index contributed by atoms with van der Waals surface area (Å²) >= 11 is 0. The van der Waals surface area contributed by atoms with Crippen molar-refractivity contribution >= 4 is 22.4 Å². The van der Waals surface area contributed by atoms with E-state index in [2.05, 4.69) is 44.2 Å². The highest BCUT2D eigenvalue weighted by Crippen LogP contribution is 2.29. The van der Waals surface area contributed by atoms with Crippen LogP contribution in [0.3, 0.4) is 0 Å². The summed E-state index contributed by atoms with van der Waals surface area (Å²) in [6.07, 6.45) is 2.93. The second-order valence-electron chi connectivity index (χ2n) is 8.31. The van der Waals surface area contributed by atoms with Crippen LogP contribution in [-0.4, -0.2) is 62.9 Å². The number of likely N-dealkylation sites (N-methyl/N-ethyl adjacent to an activating group) is 1. The van der Waals surface area contributed by atoms with Crippen molar-refractivity contribution in [1.29, 1.82) is 0 Å². The third-order valence-electron chi connectivity index (χ3n) is 5.88. The Balaban J connectivity index is 1.53. The van der Waals surface area contributed by atoms with E-state index in [0.29, 0.717) is 28.2 Å². The third-order valence-corrected chi connectivity index (χ3v) is 5.88. The molecule has 0 amide bonds. The van der Waals surface area contributed by atoms with Gasteiger partial charge in [0.2, 0.25) is 0 Å². The van der Waals surface area contributed by atoms with E-state index in [4.69, 9.17) is 0 Å². The molecule has 0 saturated carbocycles. The second kappa shape index (κ2) is 6.98. The number of benzene rings is 1. The number of imidazole rings is 1. The topological polar surface area (TPSA) is 62.5 Å². The van der Waals surface area contributed by atoms with Crippen LogP contribution in [-0.2, 0) is 0 Å². The van der Waals surface area contributed by atoms with Crippen LogP contribution in [0.5, 0.6) is 0 Å². The van der Waals surface area contributed by atoms with Gasteiger partial charge in [-0.2, -0.15) is 5.10 Å². The van der Waals surface area contributed by atoms with Crippen LogP contribution in [0, 0.1) is 19.7 Å². The van der Waals surface area contributed by atoms with Crippen molar-refractivity contribution in [2.75, 3.05) is 32.1 Å². The lowest BCUT2D eigenvalue weighted by Crippen LogP contribution is -2.31. The minimum atomic E-state index is -0.316. The van der Waals surface area contributed by atoms with Gasteiger partial charge in [0.25, 0.3) is 0 Å². The van der Waals surface area contributed by atoms with Gasteiger partial charge in [0.15, 0.2) is 11.5 Å². The Bertz CT molecular complexity index is 1260. The molecule has 1 fully saturated rings. The highest BCUT2D eigenvalue weighted by atomic mass is 19.1. The normalized spacial score (nSPS) is 17.0. The second-order valence-corrected chi connectivity index (χ2v) is 8.31. The number of anilines is 1. The van der Waals surface area contributed by atoms with Crippen molar-refractivity contribution in [2.24, 2.45) is 0 Å². The predicted molar refractivity (Wildman–Crippen MR) is 115 cm³/mol. The summed E-state index contributed by atoms with van der Waals surface area (Å²) in [7, 11) is 4.17. The molecule has 3 aromatic heterocycles. The van der Waals surface area contributed by atoms with E-state index in [-0.39, 0.29) is 5.82 Å². The largest absolute Gasteiger partial charge is 0.353 e. The molecule has 1 aliphatic rings. The number of aromatic nitrogens is 5. The van der Waals surface area contributed by atoms with Gasteiger partial charge in [-0.25, -0.2) is 13.9 Å². The fraction of sp³-hybridized carbons (Fsp3) is 0.364. The molecule has 1 atom stereocenters. The third kappa shape index (κ3) is 3.17. The first-order valence-corrected chi connectivity index (χ1v) is 10.1. The molecule has 4 heterocycles. The first kappa shape index (κ1) is 18.9. The summed E-state index contributed by atoms with van der Waals surface area (Å²) in [5.41, 5.74) is 4.57. The Morgan fingerprint density at radius 2 is 1.93 bits per heavy atom. The summed E-state index contributed by atoms with van der Waals surface area (Å²) < 4.78 is 16.8. The zero-order chi connectivity index (χ0) is 21.0. The average Bonchev–Trinajstić information content (AvgIpc) is 3.34. The van der Waals surface area contributed by atoms with Crippen LogP contribution >= 0.6 is 0 Å². The smallest absolute Gasteiger partial charge is 0.156 e. The minimum absolute atomic E-state index is 0.316. The molecular formula is C22H24FN7. The molecule has 7 nitrogen and oxygen atoms in total. The van der Waals surface area contributed by atoms with Gasteiger partial charge in [0.05, 0.1) is 23.1 Å². The number of hydrogen-bond donors (Lipinski definition) is 0. The molecule has 154 valence electrons. The van der Waals surface area contributed by atoms with E-state index in [1.807, 2.05) is 32.2 Å². The van der Waals surface area contributed by atoms with Crippen molar-refractivity contribution in [2.45, 2.75) is 26.3 Å². The van der Waals surface area contributed by atoms with Gasteiger partial charge in [-0.05, 0) is 64.2 Å². The molecule has 1 aliphatic heterocycles. The predicted octanol–water partition coefficient (Wildman–Crippen LogP) is 3.24. The van der Waals surface area contributed by atoms with Gasteiger partial charge in [0, 0.05) is 30.1 Å². The Hall–Kier alpha value is -3.13. The number of nitrogens with zero attached hydrogens (tertiary/aromatic N) is 7. The maximum atomic E-state index is 15.1. The van der Waals surface area contributed by atoms with E-state index in [1.165, 1.54) is 6.07 Å². The summed E-state index contributed by atoms with van der Waals surface area (Å²) in [6, 6.07) is 7.58. The molecule has 0 N–H and O–H groups in total. The Kier molecular flexibility index (Phi) is 4.39. The number of halogens is 1. The molecule has 30 heavy (non-hydrogen) atoms. The average molecular weight is 405 g/mol. The molecule has 0 radical (unpaired) electrons. The lowest BCUT2D eigenvalue weighted by molar-refractivity contribution is 0.315. The van der Waals surface area contributed by atoms with Gasteiger partial charge >= 0.3 is 0 Å². The van der Waals surface area contributed by atoms with Crippen molar-refractivity contribution in [3.63, 3.8) is 0 Å². The molecular weight excluding hydrogens is 381 g/mol. The number of aryl methyl sites for hydroxylation is 2. The van der Waals surface area contributed by atoms with Gasteiger partial charge in [0.1, 0.15) is 5.82 Å². The molecule has 8 heteroatoms. The molecule has 0 unspecified atom stereocenters. The summed E-state index contributed by atoms with van der Waals surface area (Å²) in [5.74, 6) is 0.408. The van der Waals surface area contributed by atoms with E-state index in [9.17, 15) is 0 Å². The number of rotatable bonds is 3. The zero-order valence-electron chi connectivity index (χ0n) is 17.6. The molecule has 4 aromatic rings. The fourth-order valence-corrected chi connectivity index (χ4v) is 4.15. The summed E-state index contributed by atoms with van der Waals surface area (Å²) in [6.45, 7) is 5.68. The lowest BCUT2D eigenvalue weighted by Gasteiger charge is -2.20. The van der Waals surface area contributed by atoms with Gasteiger partial charge in [-0.15, -0.1) is 10.2 Å². The van der Waals surface area contributed by atoms with Crippen LogP contribution in [0.15, 0.2) is 30.5 Å². The van der Waals surface area contributed by atoms with Gasteiger partial charge in [-0.3, -0.25) is 0 Å². The maximum Gasteiger partial charge on any atom is 0.156 e. The van der Waals surface area contributed by atoms with Gasteiger partial charge < -0.3 is 9.80 Å². The quantitative estimate of drug-likeness (QED) is 0.522. The van der Waals surface area contributed by atoms with Crippen LogP contribution in [0.4, 0.5) is 10.2 Å². The zero-order valence-corrected chi connectivity index (χ0v) is 17.6. The van der Waals surface area contributed by atoms with Crippen molar-refractivity contribution in [3.05, 3.63) is 47.5 Å². The molecule has 1 saturated heterocycles. The SMILES string of the molecule is Cc1cn2nc(-c3cc(F)c4cc(N5CC[C@H](N(C)C)C5)nnc4c3)cc(C)c2n1. The Labute approximate surface area is 174 Å². The first-order chi connectivity index (χ1) is 14.4. The fourth-order valence-electron chi connectivity index (χ4n) is 4.15. The molecule has 0 aliphatic carbocycles. The summed E-state index contributed by atoms with van der Waals surface area (Å²) in [4.78, 5) is 8.86. The lowest BCUT2D eigenvalue weighted by atomic mass is 10.1. The Morgan fingerprint density at radius 1 is 1.10 bits per heavy atom. The van der Waals surface area contributed by atoms with E-state index in [1.54, 1.807) is 10.6 Å². The van der Waals surface area contributed by atoms with Crippen LogP contribution in [0.2, 0.25) is 0 Å². The highest BCUT2D eigenvalue weighted by Gasteiger charge is 2.25. The summed E-state index contributed by atoms with van der Waals surface area (Å²) in [5, 5.41) is 13.8. The van der Waals surface area contributed by atoms with Crippen molar-refractivity contribution in [3.8, 4) is 11.3 Å². The molecule has 1 aromatic carbocycles. The molecule has 0 bridgehead atoms. The number of fused-ring (bicyclic) bond motifs is 2. The highest BCUT2D eigenvalue weighted by molar-refractivity contribution is 5.85. The molecule has 0 spiro atoms. The van der Waals surface area contributed by atoms with Crippen LogP contribution in [0.1, 0.15) is 17.7 Å². The maximum absolute atomic E-state index is 15.1. The van der Waals surface area contributed by atoms with Crippen molar-refractivity contribution in [1.82, 2.24) is 29.7 Å². The van der Waals surface area contributed by atoms with Gasteiger partial charge in [-0.1, -0.05) is 0 Å². The monoisotopic (exact) mass is 405 g/mol. The number of hydrogen-bond acceptors (Lipinski definition) is 6. The van der Waals surface area contributed by atoms with E-state index >= 15 is 4.39 Å². The Morgan fingerprint density at radius 3 is 2.70 bits per heavy atom. The minimum Gasteiger partial charge on any atom is -0.353 e. The van der Waals surface area contributed by atoms with E-state index in [0.717, 1.165) is 42.2 Å².